The molecule has 5 nitrogen and oxygen atoms in total. The van der Waals surface area contributed by atoms with Gasteiger partial charge in [0.05, 0.1) is 11.9 Å². The van der Waals surface area contributed by atoms with Gasteiger partial charge in [0.25, 0.3) is 0 Å². The number of carboxylic acids is 2. The molecule has 1 aromatic rings. The van der Waals surface area contributed by atoms with E-state index in [2.05, 4.69) is 0 Å². The Morgan fingerprint density at radius 3 is 2.00 bits per heavy atom. The van der Waals surface area contributed by atoms with Gasteiger partial charge in [-0.15, -0.1) is 0 Å². The second-order valence-electron chi connectivity index (χ2n) is 2.49. The van der Waals surface area contributed by atoms with E-state index in [1.165, 1.54) is 0 Å². The fourth-order valence-electron chi connectivity index (χ4n) is 0.963. The van der Waals surface area contributed by atoms with Gasteiger partial charge in [-0.1, -0.05) is 12.1 Å². The van der Waals surface area contributed by atoms with Crippen LogP contribution in [-0.4, -0.2) is 18.2 Å². The van der Waals surface area contributed by atoms with Crippen LogP contribution in [0, 0.1) is 0 Å². The maximum atomic E-state index is 10.5. The van der Waals surface area contributed by atoms with Gasteiger partial charge in [0.2, 0.25) is 0 Å². The Kier molecular flexibility index (Phi) is 9.10. The zero-order valence-electron chi connectivity index (χ0n) is 8.85. The van der Waals surface area contributed by atoms with E-state index in [1.807, 2.05) is 0 Å². The summed E-state index contributed by atoms with van der Waals surface area (Å²) in [6, 6.07) is 3.00. The second kappa shape index (κ2) is 8.00. The normalized spacial score (nSPS) is 8.25. The van der Waals surface area contributed by atoms with Gasteiger partial charge in [-0.3, -0.25) is 4.79 Å². The molecule has 1 aromatic carbocycles. The van der Waals surface area contributed by atoms with Crippen LogP contribution in [-0.2, 0) is 0 Å². The molecular formula is C9H4Na2O5. The van der Waals surface area contributed by atoms with Gasteiger partial charge in [-0.25, -0.2) is 0 Å². The zero-order chi connectivity index (χ0) is 10.7. The van der Waals surface area contributed by atoms with E-state index >= 15 is 0 Å². The van der Waals surface area contributed by atoms with E-state index in [1.54, 1.807) is 0 Å². The third-order valence-electron chi connectivity index (χ3n) is 1.64. The minimum atomic E-state index is -1.60. The average molecular weight is 238 g/mol. The maximum absolute atomic E-state index is 10.5. The van der Waals surface area contributed by atoms with Gasteiger partial charge >= 0.3 is 59.1 Å². The van der Waals surface area contributed by atoms with Crippen molar-refractivity contribution < 1.29 is 83.7 Å². The number of aromatic carboxylic acids is 2. The quantitative estimate of drug-likeness (QED) is 0.385. The van der Waals surface area contributed by atoms with E-state index in [0.29, 0.717) is 6.29 Å². The molecule has 0 saturated heterocycles. The van der Waals surface area contributed by atoms with Crippen molar-refractivity contribution in [1.82, 2.24) is 0 Å². The molecule has 0 fully saturated rings. The number of carbonyl (C=O) groups is 3. The Balaban J connectivity index is 0. The Labute approximate surface area is 135 Å². The van der Waals surface area contributed by atoms with Crippen molar-refractivity contribution in [2.75, 3.05) is 0 Å². The van der Waals surface area contributed by atoms with Crippen molar-refractivity contribution in [2.45, 2.75) is 0 Å². The van der Waals surface area contributed by atoms with Gasteiger partial charge in [-0.2, -0.15) is 0 Å². The van der Waals surface area contributed by atoms with Gasteiger partial charge in [0, 0.05) is 11.1 Å². The molecule has 0 N–H and O–H groups in total. The van der Waals surface area contributed by atoms with Crippen LogP contribution in [0.4, 0.5) is 0 Å². The third-order valence-corrected chi connectivity index (χ3v) is 1.64. The van der Waals surface area contributed by atoms with E-state index in [-0.39, 0.29) is 70.2 Å². The monoisotopic (exact) mass is 238 g/mol. The molecule has 0 spiro atoms. The predicted molar refractivity (Wildman–Crippen MR) is 40.5 cm³/mol. The molecule has 0 saturated carbocycles. The first kappa shape index (κ1) is 18.2. The maximum Gasteiger partial charge on any atom is 1.00 e. The van der Waals surface area contributed by atoms with Crippen molar-refractivity contribution >= 4 is 18.2 Å². The number of benzene rings is 1. The van der Waals surface area contributed by atoms with Crippen LogP contribution >= 0.6 is 0 Å². The summed E-state index contributed by atoms with van der Waals surface area (Å²) in [6.45, 7) is 0. The summed E-state index contributed by atoms with van der Waals surface area (Å²) in [5, 5.41) is 20.8. The average Bonchev–Trinajstić information content (AvgIpc) is 2.16. The molecule has 1 rings (SSSR count). The topological polar surface area (TPSA) is 97.3 Å². The Morgan fingerprint density at radius 1 is 1.06 bits per heavy atom. The molecular weight excluding hydrogens is 234 g/mol. The SMILES string of the molecule is O=Cc1ccc(C(=O)[O-])cc1C(=O)[O-].[Na+].[Na+]. The summed E-state index contributed by atoms with van der Waals surface area (Å²) < 4.78 is 0. The molecule has 7 heteroatoms. The van der Waals surface area contributed by atoms with Crippen LogP contribution in [0.3, 0.4) is 0 Å². The van der Waals surface area contributed by atoms with Crippen molar-refractivity contribution in [3.05, 3.63) is 34.9 Å². The molecule has 0 heterocycles. The summed E-state index contributed by atoms with van der Waals surface area (Å²) in [4.78, 5) is 31.2. The van der Waals surface area contributed by atoms with Gasteiger partial charge in [0.1, 0.15) is 0 Å². The second-order valence-corrected chi connectivity index (χ2v) is 2.49. The fourth-order valence-corrected chi connectivity index (χ4v) is 0.963. The van der Waals surface area contributed by atoms with Crippen LogP contribution in [0.15, 0.2) is 18.2 Å². The molecule has 0 aliphatic rings. The van der Waals surface area contributed by atoms with Crippen LogP contribution in [0.25, 0.3) is 0 Å². The van der Waals surface area contributed by atoms with E-state index < -0.39 is 17.5 Å². The summed E-state index contributed by atoms with van der Waals surface area (Å²) in [7, 11) is 0. The van der Waals surface area contributed by atoms with E-state index in [0.717, 1.165) is 18.2 Å². The molecule has 0 aromatic heterocycles. The third kappa shape index (κ3) is 4.37. The fraction of sp³-hybridized carbons (Fsp3) is 0. The first-order valence-corrected chi connectivity index (χ1v) is 3.58. The molecule has 0 unspecified atom stereocenters. The minimum absolute atomic E-state index is 0. The number of carbonyl (C=O) groups excluding carboxylic acids is 3. The molecule has 0 amide bonds. The van der Waals surface area contributed by atoms with Gasteiger partial charge < -0.3 is 19.8 Å². The predicted octanol–water partition coefficient (Wildman–Crippen LogP) is -7.77. The van der Waals surface area contributed by atoms with Gasteiger partial charge in [-0.05, 0) is 11.6 Å². The van der Waals surface area contributed by atoms with E-state index in [9.17, 15) is 24.6 Å². The molecule has 0 aliphatic carbocycles. The molecule has 0 radical (unpaired) electrons. The molecule has 0 aliphatic heterocycles. The van der Waals surface area contributed by atoms with Crippen molar-refractivity contribution in [3.8, 4) is 0 Å². The van der Waals surface area contributed by atoms with Crippen molar-refractivity contribution in [3.63, 3.8) is 0 Å². The Morgan fingerprint density at radius 2 is 1.62 bits per heavy atom. The molecule has 0 bridgehead atoms. The Bertz CT molecular complexity index is 416. The van der Waals surface area contributed by atoms with Crippen molar-refractivity contribution in [2.24, 2.45) is 0 Å². The number of hydrogen-bond donors (Lipinski definition) is 0. The molecule has 0 atom stereocenters. The minimum Gasteiger partial charge on any atom is -0.545 e. The number of carboxylic acid groups (broad SMARTS) is 2. The molecule has 72 valence electrons. The number of aldehydes is 1. The van der Waals surface area contributed by atoms with Crippen LogP contribution < -0.4 is 69.3 Å². The van der Waals surface area contributed by atoms with Crippen LogP contribution in [0.1, 0.15) is 31.1 Å². The summed E-state index contributed by atoms with van der Waals surface area (Å²) in [6.07, 6.45) is 0.310. The van der Waals surface area contributed by atoms with Gasteiger partial charge in [0.15, 0.2) is 6.29 Å². The standard InChI is InChI=1S/C9H6O5.2Na/c10-4-6-2-1-5(8(11)12)3-7(6)9(13)14;;/h1-4H,(H,11,12)(H,13,14);;/q;2*+1/p-2. The zero-order valence-corrected chi connectivity index (χ0v) is 12.9. The van der Waals surface area contributed by atoms with E-state index in [4.69, 9.17) is 0 Å². The summed E-state index contributed by atoms with van der Waals surface area (Å²) >= 11 is 0. The molecule has 16 heavy (non-hydrogen) atoms. The largest absolute Gasteiger partial charge is 1.00 e. The first-order chi connectivity index (χ1) is 6.56. The van der Waals surface area contributed by atoms with Crippen molar-refractivity contribution in [1.29, 1.82) is 0 Å². The van der Waals surface area contributed by atoms with Crippen LogP contribution in [0.2, 0.25) is 0 Å². The first-order valence-electron chi connectivity index (χ1n) is 3.58. The summed E-state index contributed by atoms with van der Waals surface area (Å²) in [5.74, 6) is -3.11. The number of hydrogen-bond acceptors (Lipinski definition) is 5. The smallest absolute Gasteiger partial charge is 0.545 e. The van der Waals surface area contributed by atoms with Crippen LogP contribution in [0.5, 0.6) is 0 Å². The summed E-state index contributed by atoms with van der Waals surface area (Å²) in [5.41, 5.74) is -0.897. The number of rotatable bonds is 3. The Hall–Kier alpha value is -0.170.